The van der Waals surface area contributed by atoms with Crippen LogP contribution in [-0.2, 0) is 0 Å². The maximum Gasteiger partial charge on any atom is 0.270 e. The number of aryl methyl sites for hydroxylation is 1. The number of non-ortho nitro benzene ring substituents is 1. The Balaban J connectivity index is 2.66. The zero-order chi connectivity index (χ0) is 13.3. The van der Waals surface area contributed by atoms with Crippen LogP contribution in [0.5, 0.6) is 0 Å². The van der Waals surface area contributed by atoms with Gasteiger partial charge in [-0.15, -0.1) is 0 Å². The van der Waals surface area contributed by atoms with Crippen molar-refractivity contribution in [2.75, 3.05) is 11.5 Å². The quantitative estimate of drug-likeness (QED) is 0.481. The predicted molar refractivity (Wildman–Crippen MR) is 72.1 cm³/mol. The molecule has 0 heterocycles. The van der Waals surface area contributed by atoms with Gasteiger partial charge in [0.25, 0.3) is 5.69 Å². The van der Waals surface area contributed by atoms with Gasteiger partial charge in [0.15, 0.2) is 0 Å². The summed E-state index contributed by atoms with van der Waals surface area (Å²) in [6, 6.07) is 9.81. The molecule has 0 bridgehead atoms. The molecule has 5 nitrogen and oxygen atoms in total. The van der Waals surface area contributed by atoms with E-state index in [1.165, 1.54) is 12.1 Å². The topological polar surface area (TPSA) is 95.2 Å². The number of nitro benzene ring substituents is 1. The lowest BCUT2D eigenvalue weighted by molar-refractivity contribution is -0.384. The summed E-state index contributed by atoms with van der Waals surface area (Å²) in [7, 11) is 0. The van der Waals surface area contributed by atoms with Gasteiger partial charge in [0.1, 0.15) is 0 Å². The molecule has 92 valence electrons. The molecule has 2 rings (SSSR count). The molecule has 0 saturated carbocycles. The monoisotopic (exact) mass is 243 g/mol. The highest BCUT2D eigenvalue weighted by atomic mass is 16.6. The van der Waals surface area contributed by atoms with Crippen molar-refractivity contribution in [2.45, 2.75) is 6.92 Å². The second-order valence-corrected chi connectivity index (χ2v) is 4.10. The molecule has 0 atom stereocenters. The van der Waals surface area contributed by atoms with E-state index in [4.69, 9.17) is 11.5 Å². The van der Waals surface area contributed by atoms with Crippen molar-refractivity contribution in [1.82, 2.24) is 0 Å². The van der Waals surface area contributed by atoms with Crippen LogP contribution in [0, 0.1) is 17.0 Å². The van der Waals surface area contributed by atoms with E-state index in [-0.39, 0.29) is 5.69 Å². The number of hydrogen-bond acceptors (Lipinski definition) is 4. The zero-order valence-corrected chi connectivity index (χ0v) is 9.88. The van der Waals surface area contributed by atoms with Crippen molar-refractivity contribution in [3.8, 4) is 11.1 Å². The molecule has 0 amide bonds. The second kappa shape index (κ2) is 4.37. The first-order chi connectivity index (χ1) is 8.49. The maximum absolute atomic E-state index is 10.8. The summed E-state index contributed by atoms with van der Waals surface area (Å²) in [5.41, 5.74) is 15.1. The zero-order valence-electron chi connectivity index (χ0n) is 9.88. The molecule has 0 aliphatic rings. The molecule has 0 aliphatic carbocycles. The highest BCUT2D eigenvalue weighted by Gasteiger charge is 2.12. The molecule has 0 fully saturated rings. The number of nitrogens with two attached hydrogens (primary N) is 2. The Hall–Kier alpha value is -2.56. The summed E-state index contributed by atoms with van der Waals surface area (Å²) in [5.74, 6) is 0. The third-order valence-electron chi connectivity index (χ3n) is 2.80. The van der Waals surface area contributed by atoms with Crippen molar-refractivity contribution in [3.63, 3.8) is 0 Å². The van der Waals surface area contributed by atoms with Crippen molar-refractivity contribution in [1.29, 1.82) is 0 Å². The number of benzene rings is 2. The van der Waals surface area contributed by atoms with Crippen LogP contribution in [0.15, 0.2) is 36.4 Å². The summed E-state index contributed by atoms with van der Waals surface area (Å²) in [6.07, 6.45) is 0. The molecule has 0 aliphatic heterocycles. The van der Waals surface area contributed by atoms with Crippen LogP contribution >= 0.6 is 0 Å². The van der Waals surface area contributed by atoms with Crippen LogP contribution in [0.1, 0.15) is 5.56 Å². The minimum atomic E-state index is -0.425. The largest absolute Gasteiger partial charge is 0.399 e. The maximum atomic E-state index is 10.8. The minimum Gasteiger partial charge on any atom is -0.399 e. The molecular formula is C13H13N3O2. The first kappa shape index (κ1) is 11.9. The molecule has 18 heavy (non-hydrogen) atoms. The third-order valence-corrected chi connectivity index (χ3v) is 2.80. The Kier molecular flexibility index (Phi) is 2.89. The Morgan fingerprint density at radius 2 is 1.78 bits per heavy atom. The fraction of sp³-hybridized carbons (Fsp3) is 0.0769. The van der Waals surface area contributed by atoms with Crippen LogP contribution in [0.25, 0.3) is 11.1 Å². The van der Waals surface area contributed by atoms with Crippen molar-refractivity contribution >= 4 is 17.1 Å². The number of rotatable bonds is 2. The molecule has 5 heteroatoms. The average Bonchev–Trinajstić information content (AvgIpc) is 2.33. The van der Waals surface area contributed by atoms with E-state index >= 15 is 0 Å². The van der Waals surface area contributed by atoms with Gasteiger partial charge in [-0.1, -0.05) is 6.07 Å². The third kappa shape index (κ3) is 2.10. The molecular weight excluding hydrogens is 230 g/mol. The van der Waals surface area contributed by atoms with Crippen LogP contribution in [0.4, 0.5) is 17.1 Å². The number of hydrogen-bond donors (Lipinski definition) is 2. The average molecular weight is 243 g/mol. The fourth-order valence-corrected chi connectivity index (χ4v) is 1.82. The van der Waals surface area contributed by atoms with Crippen LogP contribution in [0.3, 0.4) is 0 Å². The smallest absolute Gasteiger partial charge is 0.270 e. The summed E-state index contributed by atoms with van der Waals surface area (Å²) in [6.45, 7) is 1.88. The molecule has 0 unspecified atom stereocenters. The van der Waals surface area contributed by atoms with E-state index < -0.39 is 4.92 Å². The van der Waals surface area contributed by atoms with E-state index in [9.17, 15) is 10.1 Å². The van der Waals surface area contributed by atoms with Gasteiger partial charge in [-0.2, -0.15) is 0 Å². The Morgan fingerprint density at radius 1 is 1.06 bits per heavy atom. The van der Waals surface area contributed by atoms with Gasteiger partial charge in [-0.3, -0.25) is 10.1 Å². The van der Waals surface area contributed by atoms with Gasteiger partial charge < -0.3 is 11.5 Å². The van der Waals surface area contributed by atoms with Crippen molar-refractivity contribution in [2.24, 2.45) is 0 Å². The lowest BCUT2D eigenvalue weighted by Gasteiger charge is -2.09. The Morgan fingerprint density at radius 3 is 2.44 bits per heavy atom. The number of nitro groups is 1. The molecule has 2 aromatic carbocycles. The molecule has 0 spiro atoms. The first-order valence-electron chi connectivity index (χ1n) is 5.39. The highest BCUT2D eigenvalue weighted by molar-refractivity contribution is 5.82. The van der Waals surface area contributed by atoms with Gasteiger partial charge in [0, 0.05) is 29.1 Å². The second-order valence-electron chi connectivity index (χ2n) is 4.10. The number of anilines is 2. The van der Waals surface area contributed by atoms with Gasteiger partial charge in [-0.25, -0.2) is 0 Å². The highest BCUT2D eigenvalue weighted by Crippen LogP contribution is 2.32. The van der Waals surface area contributed by atoms with Gasteiger partial charge in [0.2, 0.25) is 0 Å². The van der Waals surface area contributed by atoms with E-state index in [2.05, 4.69) is 0 Å². The molecule has 0 saturated heterocycles. The van der Waals surface area contributed by atoms with Crippen molar-refractivity contribution in [3.05, 3.63) is 52.1 Å². The van der Waals surface area contributed by atoms with Crippen molar-refractivity contribution < 1.29 is 4.92 Å². The summed E-state index contributed by atoms with van der Waals surface area (Å²) in [5, 5.41) is 10.8. The SMILES string of the molecule is Cc1ccc([N+](=O)[O-])cc1-c1cc(N)ccc1N. The number of nitrogens with zero attached hydrogens (tertiary/aromatic N) is 1. The lowest BCUT2D eigenvalue weighted by atomic mass is 9.98. The Labute approximate surface area is 104 Å². The summed E-state index contributed by atoms with van der Waals surface area (Å²) in [4.78, 5) is 10.4. The standard InChI is InChI=1S/C13H13N3O2/c1-8-2-4-10(16(17)18)7-11(8)12-6-9(14)3-5-13(12)15/h2-7H,14-15H2,1H3. The summed E-state index contributed by atoms with van der Waals surface area (Å²) < 4.78 is 0. The normalized spacial score (nSPS) is 10.3. The molecule has 2 aromatic rings. The van der Waals surface area contributed by atoms with E-state index in [1.807, 2.05) is 6.92 Å². The lowest BCUT2D eigenvalue weighted by Crippen LogP contribution is -1.96. The molecule has 0 aromatic heterocycles. The van der Waals surface area contributed by atoms with Gasteiger partial charge in [0.05, 0.1) is 4.92 Å². The molecule has 4 N–H and O–H groups in total. The number of nitrogen functional groups attached to an aromatic ring is 2. The first-order valence-corrected chi connectivity index (χ1v) is 5.39. The molecule has 0 radical (unpaired) electrons. The Bertz CT molecular complexity index is 624. The fourth-order valence-electron chi connectivity index (χ4n) is 1.82. The van der Waals surface area contributed by atoms with Gasteiger partial charge >= 0.3 is 0 Å². The summed E-state index contributed by atoms with van der Waals surface area (Å²) >= 11 is 0. The van der Waals surface area contributed by atoms with E-state index in [0.717, 1.165) is 16.7 Å². The predicted octanol–water partition coefficient (Wildman–Crippen LogP) is 2.73. The van der Waals surface area contributed by atoms with Crippen LogP contribution in [0.2, 0.25) is 0 Å². The van der Waals surface area contributed by atoms with E-state index in [0.29, 0.717) is 11.4 Å². The van der Waals surface area contributed by atoms with Crippen LogP contribution in [-0.4, -0.2) is 4.92 Å². The van der Waals surface area contributed by atoms with Gasteiger partial charge in [-0.05, 0) is 36.2 Å². The van der Waals surface area contributed by atoms with E-state index in [1.54, 1.807) is 24.3 Å². The minimum absolute atomic E-state index is 0.0393. The van der Waals surface area contributed by atoms with Crippen LogP contribution < -0.4 is 11.5 Å².